The molecule has 0 bridgehead atoms. The average Bonchev–Trinajstić information content (AvgIpc) is 2.28. The number of halogens is 1. The predicted octanol–water partition coefficient (Wildman–Crippen LogP) is 2.30. The van der Waals surface area contributed by atoms with Crippen LogP contribution >= 0.6 is 11.6 Å². The fraction of sp³-hybridized carbons (Fsp3) is 0.500. The van der Waals surface area contributed by atoms with Crippen molar-refractivity contribution in [1.29, 1.82) is 0 Å². The van der Waals surface area contributed by atoms with Crippen molar-refractivity contribution >= 4 is 11.6 Å². The number of aryl methyl sites for hydroxylation is 1. The molecule has 0 radical (unpaired) electrons. The van der Waals surface area contributed by atoms with Crippen molar-refractivity contribution < 1.29 is 4.42 Å². The van der Waals surface area contributed by atoms with E-state index in [1.165, 1.54) is 0 Å². The Morgan fingerprint density at radius 1 is 1.73 bits per heavy atom. The lowest BCUT2D eigenvalue weighted by molar-refractivity contribution is 0.531. The molecule has 0 saturated carbocycles. The van der Waals surface area contributed by atoms with Crippen molar-refractivity contribution in [3.63, 3.8) is 0 Å². The SMILES string of the molecule is Cc1cc(C(C)CN)c(Cl)o1. The monoisotopic (exact) mass is 173 g/mol. The lowest BCUT2D eigenvalue weighted by Crippen LogP contribution is -2.08. The normalized spacial score (nSPS) is 13.5. The fourth-order valence-corrected chi connectivity index (χ4v) is 1.33. The molecule has 1 aromatic heterocycles. The summed E-state index contributed by atoms with van der Waals surface area (Å²) in [6.45, 7) is 4.49. The summed E-state index contributed by atoms with van der Waals surface area (Å²) >= 11 is 5.80. The van der Waals surface area contributed by atoms with E-state index in [2.05, 4.69) is 0 Å². The van der Waals surface area contributed by atoms with E-state index < -0.39 is 0 Å². The second kappa shape index (κ2) is 3.28. The van der Waals surface area contributed by atoms with Gasteiger partial charge in [-0.2, -0.15) is 0 Å². The number of rotatable bonds is 2. The molecule has 3 heteroatoms. The van der Waals surface area contributed by atoms with E-state index in [-0.39, 0.29) is 5.92 Å². The predicted molar refractivity (Wildman–Crippen MR) is 45.9 cm³/mol. The second-order valence-corrected chi connectivity index (χ2v) is 3.07. The van der Waals surface area contributed by atoms with E-state index in [1.54, 1.807) is 0 Å². The van der Waals surface area contributed by atoms with Gasteiger partial charge in [0.15, 0.2) is 5.22 Å². The Bertz CT molecular complexity index is 244. The van der Waals surface area contributed by atoms with Crippen LogP contribution in [0.15, 0.2) is 10.5 Å². The number of nitrogens with two attached hydrogens (primary N) is 1. The minimum absolute atomic E-state index is 0.278. The van der Waals surface area contributed by atoms with Crippen molar-refractivity contribution in [3.8, 4) is 0 Å². The van der Waals surface area contributed by atoms with E-state index in [4.69, 9.17) is 21.8 Å². The van der Waals surface area contributed by atoms with Gasteiger partial charge in [-0.05, 0) is 37.1 Å². The maximum atomic E-state index is 5.80. The summed E-state index contributed by atoms with van der Waals surface area (Å²) in [5.74, 6) is 1.12. The summed E-state index contributed by atoms with van der Waals surface area (Å²) < 4.78 is 5.15. The van der Waals surface area contributed by atoms with Crippen molar-refractivity contribution in [2.45, 2.75) is 19.8 Å². The minimum Gasteiger partial charge on any atom is -0.450 e. The summed E-state index contributed by atoms with van der Waals surface area (Å²) in [7, 11) is 0. The molecule has 0 aliphatic rings. The molecular weight excluding hydrogens is 162 g/mol. The highest BCUT2D eigenvalue weighted by molar-refractivity contribution is 6.29. The van der Waals surface area contributed by atoms with Crippen molar-refractivity contribution in [2.75, 3.05) is 6.54 Å². The Hall–Kier alpha value is -0.470. The van der Waals surface area contributed by atoms with Crippen LogP contribution in [-0.4, -0.2) is 6.54 Å². The summed E-state index contributed by atoms with van der Waals surface area (Å²) in [6.07, 6.45) is 0. The van der Waals surface area contributed by atoms with Gasteiger partial charge in [-0.15, -0.1) is 0 Å². The smallest absolute Gasteiger partial charge is 0.196 e. The molecule has 1 heterocycles. The van der Waals surface area contributed by atoms with Crippen LogP contribution in [0.2, 0.25) is 5.22 Å². The van der Waals surface area contributed by atoms with Crippen LogP contribution in [0.3, 0.4) is 0 Å². The summed E-state index contributed by atoms with van der Waals surface area (Å²) in [6, 6.07) is 1.93. The molecule has 0 aliphatic carbocycles. The largest absolute Gasteiger partial charge is 0.450 e. The van der Waals surface area contributed by atoms with E-state index in [0.717, 1.165) is 11.3 Å². The molecule has 1 atom stereocenters. The highest BCUT2D eigenvalue weighted by atomic mass is 35.5. The Labute approximate surface area is 71.3 Å². The van der Waals surface area contributed by atoms with Crippen LogP contribution in [-0.2, 0) is 0 Å². The van der Waals surface area contributed by atoms with Gasteiger partial charge in [-0.1, -0.05) is 6.92 Å². The van der Waals surface area contributed by atoms with Gasteiger partial charge >= 0.3 is 0 Å². The third kappa shape index (κ3) is 1.76. The van der Waals surface area contributed by atoms with Crippen LogP contribution in [0.4, 0.5) is 0 Å². The first-order valence-electron chi connectivity index (χ1n) is 3.61. The molecule has 0 fully saturated rings. The van der Waals surface area contributed by atoms with Crippen LogP contribution in [0.1, 0.15) is 24.2 Å². The van der Waals surface area contributed by atoms with Gasteiger partial charge < -0.3 is 10.2 Å². The summed E-state index contributed by atoms with van der Waals surface area (Å²) in [5.41, 5.74) is 6.49. The first-order chi connectivity index (χ1) is 5.15. The van der Waals surface area contributed by atoms with Gasteiger partial charge in [-0.25, -0.2) is 0 Å². The van der Waals surface area contributed by atoms with Crippen LogP contribution in [0.5, 0.6) is 0 Å². The molecule has 1 aromatic rings. The average molecular weight is 174 g/mol. The van der Waals surface area contributed by atoms with Gasteiger partial charge in [0.1, 0.15) is 5.76 Å². The number of hydrogen-bond donors (Lipinski definition) is 1. The number of hydrogen-bond acceptors (Lipinski definition) is 2. The van der Waals surface area contributed by atoms with E-state index in [1.807, 2.05) is 19.9 Å². The molecule has 2 nitrogen and oxygen atoms in total. The third-order valence-corrected chi connectivity index (χ3v) is 2.02. The van der Waals surface area contributed by atoms with E-state index in [9.17, 15) is 0 Å². The van der Waals surface area contributed by atoms with Gasteiger partial charge in [0.25, 0.3) is 0 Å². The summed E-state index contributed by atoms with van der Waals surface area (Å²) in [4.78, 5) is 0. The highest BCUT2D eigenvalue weighted by Crippen LogP contribution is 2.26. The topological polar surface area (TPSA) is 39.2 Å². The highest BCUT2D eigenvalue weighted by Gasteiger charge is 2.11. The lowest BCUT2D eigenvalue weighted by Gasteiger charge is -2.03. The van der Waals surface area contributed by atoms with Crippen molar-refractivity contribution in [3.05, 3.63) is 22.6 Å². The minimum atomic E-state index is 0.278. The molecule has 0 spiro atoms. The zero-order valence-electron chi connectivity index (χ0n) is 6.73. The van der Waals surface area contributed by atoms with Crippen LogP contribution in [0.25, 0.3) is 0 Å². The van der Waals surface area contributed by atoms with Gasteiger partial charge in [0, 0.05) is 5.56 Å². The zero-order chi connectivity index (χ0) is 8.43. The molecule has 2 N–H and O–H groups in total. The van der Waals surface area contributed by atoms with Crippen molar-refractivity contribution in [1.82, 2.24) is 0 Å². The molecule has 1 unspecified atom stereocenters. The zero-order valence-corrected chi connectivity index (χ0v) is 7.48. The van der Waals surface area contributed by atoms with Crippen LogP contribution in [0, 0.1) is 6.92 Å². The third-order valence-electron chi connectivity index (χ3n) is 1.72. The molecule has 0 amide bonds. The maximum Gasteiger partial charge on any atom is 0.196 e. The van der Waals surface area contributed by atoms with Gasteiger partial charge in [-0.3, -0.25) is 0 Å². The molecule has 0 aromatic carbocycles. The molecule has 0 saturated heterocycles. The van der Waals surface area contributed by atoms with Gasteiger partial charge in [0.05, 0.1) is 0 Å². The standard InChI is InChI=1S/C8H12ClNO/c1-5(4-10)7-3-6(2)11-8(7)9/h3,5H,4,10H2,1-2H3. The Balaban J connectivity index is 2.93. The van der Waals surface area contributed by atoms with E-state index >= 15 is 0 Å². The van der Waals surface area contributed by atoms with E-state index in [0.29, 0.717) is 11.8 Å². The quantitative estimate of drug-likeness (QED) is 0.746. The fourth-order valence-electron chi connectivity index (χ4n) is 0.968. The Kier molecular flexibility index (Phi) is 2.58. The Morgan fingerprint density at radius 3 is 2.73 bits per heavy atom. The van der Waals surface area contributed by atoms with Gasteiger partial charge in [0.2, 0.25) is 0 Å². The molecule has 0 aliphatic heterocycles. The first-order valence-corrected chi connectivity index (χ1v) is 3.99. The Morgan fingerprint density at radius 2 is 2.36 bits per heavy atom. The lowest BCUT2D eigenvalue weighted by atomic mass is 10.1. The molecule has 62 valence electrons. The van der Waals surface area contributed by atoms with Crippen molar-refractivity contribution in [2.24, 2.45) is 5.73 Å². The second-order valence-electron chi connectivity index (χ2n) is 2.72. The first kappa shape index (κ1) is 8.62. The molecular formula is C8H12ClNO. The molecule has 11 heavy (non-hydrogen) atoms. The summed E-state index contributed by atoms with van der Waals surface area (Å²) in [5, 5.41) is 0.473. The molecule has 1 rings (SSSR count). The maximum absolute atomic E-state index is 5.80. The number of furan rings is 1. The van der Waals surface area contributed by atoms with Crippen LogP contribution < -0.4 is 5.73 Å².